The second-order valence-electron chi connectivity index (χ2n) is 4.70. The van der Waals surface area contributed by atoms with Gasteiger partial charge in [-0.2, -0.15) is 13.2 Å². The average molecular weight is 367 g/mol. The molecule has 0 saturated heterocycles. The number of halogens is 4. The van der Waals surface area contributed by atoms with Crippen LogP contribution >= 0.6 is 15.9 Å². The molecule has 0 aliphatic rings. The molecule has 3 nitrogen and oxygen atoms in total. The topological polar surface area (TPSA) is 41.1 Å². The van der Waals surface area contributed by atoms with Gasteiger partial charge in [0.05, 0.1) is 5.56 Å². The fourth-order valence-electron chi connectivity index (χ4n) is 1.72. The predicted molar refractivity (Wildman–Crippen MR) is 80.1 cm³/mol. The van der Waals surface area contributed by atoms with Crippen molar-refractivity contribution in [2.75, 3.05) is 11.9 Å². The lowest BCUT2D eigenvalue weighted by molar-refractivity contribution is -0.137. The summed E-state index contributed by atoms with van der Waals surface area (Å²) in [5.41, 5.74) is -0.908. The Balaban J connectivity index is 2.80. The molecule has 0 aliphatic carbocycles. The Morgan fingerprint density at radius 3 is 2.62 bits per heavy atom. The monoisotopic (exact) mass is 366 g/mol. The van der Waals surface area contributed by atoms with Crippen LogP contribution in [0.25, 0.3) is 0 Å². The van der Waals surface area contributed by atoms with E-state index >= 15 is 0 Å². The molecule has 1 amide bonds. The summed E-state index contributed by atoms with van der Waals surface area (Å²) >= 11 is 3.02. The quantitative estimate of drug-likeness (QED) is 0.741. The number of rotatable bonds is 6. The summed E-state index contributed by atoms with van der Waals surface area (Å²) in [4.78, 5) is 11.8. The smallest absolute Gasteiger partial charge is 0.373 e. The first-order chi connectivity index (χ1) is 9.75. The fraction of sp³-hybridized carbons (Fsp3) is 0.500. The summed E-state index contributed by atoms with van der Waals surface area (Å²) < 4.78 is 39.2. The van der Waals surface area contributed by atoms with E-state index in [-0.39, 0.29) is 11.6 Å². The van der Waals surface area contributed by atoms with Crippen LogP contribution in [0.4, 0.5) is 18.9 Å². The molecule has 0 saturated carbocycles. The normalized spacial score (nSPS) is 12.9. The van der Waals surface area contributed by atoms with Crippen molar-refractivity contribution < 1.29 is 18.0 Å². The molecule has 0 aromatic heterocycles. The minimum Gasteiger partial charge on any atom is -0.373 e. The summed E-state index contributed by atoms with van der Waals surface area (Å²) in [6.45, 7) is 4.04. The molecule has 0 bridgehead atoms. The second kappa shape index (κ2) is 7.68. The van der Waals surface area contributed by atoms with Gasteiger partial charge in [0, 0.05) is 16.7 Å². The molecule has 1 rings (SSSR count). The molecule has 1 atom stereocenters. The van der Waals surface area contributed by atoms with Crippen LogP contribution in [-0.2, 0) is 11.0 Å². The number of amides is 1. The first kappa shape index (κ1) is 17.8. The van der Waals surface area contributed by atoms with Crippen molar-refractivity contribution in [1.29, 1.82) is 0 Å². The van der Waals surface area contributed by atoms with E-state index < -0.39 is 17.8 Å². The van der Waals surface area contributed by atoms with Crippen molar-refractivity contribution in [1.82, 2.24) is 5.32 Å². The lowest BCUT2D eigenvalue weighted by atomic mass is 10.1. The molecule has 21 heavy (non-hydrogen) atoms. The van der Waals surface area contributed by atoms with Gasteiger partial charge in [0.25, 0.3) is 0 Å². The van der Waals surface area contributed by atoms with E-state index in [1.54, 1.807) is 0 Å². The maximum Gasteiger partial charge on any atom is 0.418 e. The van der Waals surface area contributed by atoms with Gasteiger partial charge in [0.2, 0.25) is 5.91 Å². The molecule has 1 unspecified atom stereocenters. The Bertz CT molecular complexity index is 492. The van der Waals surface area contributed by atoms with Crippen LogP contribution in [0.1, 0.15) is 32.3 Å². The van der Waals surface area contributed by atoms with Crippen LogP contribution in [0, 0.1) is 0 Å². The lowest BCUT2D eigenvalue weighted by Gasteiger charge is -2.19. The highest BCUT2D eigenvalue weighted by atomic mass is 79.9. The Morgan fingerprint density at radius 1 is 1.38 bits per heavy atom. The molecular formula is C14H18BrF3N2O. The molecule has 0 radical (unpaired) electrons. The highest BCUT2D eigenvalue weighted by molar-refractivity contribution is 9.10. The van der Waals surface area contributed by atoms with E-state index in [0.29, 0.717) is 11.0 Å². The summed E-state index contributed by atoms with van der Waals surface area (Å²) in [6, 6.07) is 3.05. The zero-order valence-corrected chi connectivity index (χ0v) is 13.4. The molecule has 118 valence electrons. The van der Waals surface area contributed by atoms with Gasteiger partial charge in [-0.05, 0) is 31.5 Å². The number of anilines is 1. The molecular weight excluding hydrogens is 349 g/mol. The van der Waals surface area contributed by atoms with E-state index in [0.717, 1.165) is 18.9 Å². The van der Waals surface area contributed by atoms with Crippen LogP contribution in [0.15, 0.2) is 22.7 Å². The minimum absolute atomic E-state index is 0.108. The zero-order valence-electron chi connectivity index (χ0n) is 11.9. The molecule has 0 fully saturated rings. The number of unbranched alkanes of at least 4 members (excludes halogenated alkanes) is 1. The van der Waals surface area contributed by atoms with Crippen LogP contribution in [0.5, 0.6) is 0 Å². The van der Waals surface area contributed by atoms with E-state index in [4.69, 9.17) is 0 Å². The highest BCUT2D eigenvalue weighted by Crippen LogP contribution is 2.36. The predicted octanol–water partition coefficient (Wildman–Crippen LogP) is 4.18. The SMILES string of the molecule is CCCCNC(=O)C(C)Nc1ccc(Br)cc1C(F)(F)F. The number of hydrogen-bond acceptors (Lipinski definition) is 2. The van der Waals surface area contributed by atoms with Crippen LogP contribution in [0.3, 0.4) is 0 Å². The van der Waals surface area contributed by atoms with Crippen LogP contribution < -0.4 is 10.6 Å². The maximum absolute atomic E-state index is 13.0. The number of benzene rings is 1. The number of alkyl halides is 3. The van der Waals surface area contributed by atoms with E-state index in [1.807, 2.05) is 6.92 Å². The van der Waals surface area contributed by atoms with Gasteiger partial charge < -0.3 is 10.6 Å². The fourth-order valence-corrected chi connectivity index (χ4v) is 2.08. The van der Waals surface area contributed by atoms with Crippen LogP contribution in [0.2, 0.25) is 0 Å². The molecule has 2 N–H and O–H groups in total. The Kier molecular flexibility index (Phi) is 6.51. The maximum atomic E-state index is 13.0. The highest BCUT2D eigenvalue weighted by Gasteiger charge is 2.34. The summed E-state index contributed by atoms with van der Waals surface area (Å²) in [5.74, 6) is -0.320. The Morgan fingerprint density at radius 2 is 2.05 bits per heavy atom. The van der Waals surface area contributed by atoms with Gasteiger partial charge in [-0.15, -0.1) is 0 Å². The standard InChI is InChI=1S/C14H18BrF3N2O/c1-3-4-7-19-13(21)9(2)20-12-6-5-10(15)8-11(12)14(16,17)18/h5-6,8-9,20H,3-4,7H2,1-2H3,(H,19,21). The molecule has 7 heteroatoms. The van der Waals surface area contributed by atoms with Gasteiger partial charge in [-0.3, -0.25) is 4.79 Å². The Labute approximate surface area is 130 Å². The summed E-state index contributed by atoms with van der Waals surface area (Å²) in [6.07, 6.45) is -2.71. The number of carbonyl (C=O) groups is 1. The summed E-state index contributed by atoms with van der Waals surface area (Å²) in [5, 5.41) is 5.30. The van der Waals surface area contributed by atoms with Crippen molar-refractivity contribution in [2.45, 2.75) is 38.9 Å². The van der Waals surface area contributed by atoms with Gasteiger partial charge in [0.15, 0.2) is 0 Å². The third kappa shape index (κ3) is 5.57. The number of carbonyl (C=O) groups excluding carboxylic acids is 1. The van der Waals surface area contributed by atoms with Crippen molar-refractivity contribution in [3.05, 3.63) is 28.2 Å². The zero-order chi connectivity index (χ0) is 16.0. The van der Waals surface area contributed by atoms with Gasteiger partial charge >= 0.3 is 6.18 Å². The molecule has 0 heterocycles. The molecule has 1 aromatic rings. The largest absolute Gasteiger partial charge is 0.418 e. The van der Waals surface area contributed by atoms with Gasteiger partial charge in [-0.25, -0.2) is 0 Å². The van der Waals surface area contributed by atoms with Crippen molar-refractivity contribution in [2.24, 2.45) is 0 Å². The van der Waals surface area contributed by atoms with Gasteiger partial charge in [0.1, 0.15) is 6.04 Å². The van der Waals surface area contributed by atoms with E-state index in [9.17, 15) is 18.0 Å². The number of nitrogens with one attached hydrogen (secondary N) is 2. The first-order valence-corrected chi connectivity index (χ1v) is 7.46. The average Bonchev–Trinajstić information content (AvgIpc) is 2.39. The van der Waals surface area contributed by atoms with Crippen molar-refractivity contribution >= 4 is 27.5 Å². The van der Waals surface area contributed by atoms with Crippen molar-refractivity contribution in [3.8, 4) is 0 Å². The molecule has 0 spiro atoms. The molecule has 0 aliphatic heterocycles. The van der Waals surface area contributed by atoms with E-state index in [1.165, 1.54) is 19.1 Å². The lowest BCUT2D eigenvalue weighted by Crippen LogP contribution is -2.38. The third-order valence-corrected chi connectivity index (χ3v) is 3.38. The summed E-state index contributed by atoms with van der Waals surface area (Å²) in [7, 11) is 0. The molecule has 1 aromatic carbocycles. The van der Waals surface area contributed by atoms with Crippen molar-refractivity contribution in [3.63, 3.8) is 0 Å². The first-order valence-electron chi connectivity index (χ1n) is 6.66. The third-order valence-electron chi connectivity index (χ3n) is 2.88. The Hall–Kier alpha value is -1.24. The number of hydrogen-bond donors (Lipinski definition) is 2. The minimum atomic E-state index is -4.48. The van der Waals surface area contributed by atoms with Crippen LogP contribution in [-0.4, -0.2) is 18.5 Å². The van der Waals surface area contributed by atoms with Gasteiger partial charge in [-0.1, -0.05) is 29.3 Å². The second-order valence-corrected chi connectivity index (χ2v) is 5.61. The van der Waals surface area contributed by atoms with E-state index in [2.05, 4.69) is 26.6 Å².